The van der Waals surface area contributed by atoms with E-state index in [0.29, 0.717) is 35.0 Å². The van der Waals surface area contributed by atoms with Gasteiger partial charge in [0.2, 0.25) is 17.7 Å². The van der Waals surface area contributed by atoms with Crippen LogP contribution in [-0.4, -0.2) is 30.2 Å². The third kappa shape index (κ3) is 3.93. The van der Waals surface area contributed by atoms with Gasteiger partial charge < -0.3 is 9.64 Å². The highest BCUT2D eigenvalue weighted by atomic mass is 35.5. The highest BCUT2D eigenvalue weighted by Crippen LogP contribution is 2.38. The van der Waals surface area contributed by atoms with Gasteiger partial charge in [-0.1, -0.05) is 23.8 Å². The quantitative estimate of drug-likeness (QED) is 0.298. The molecule has 1 aliphatic carbocycles. The van der Waals surface area contributed by atoms with Crippen LogP contribution in [0.15, 0.2) is 60.7 Å². The zero-order valence-electron chi connectivity index (χ0n) is 17.6. The highest BCUT2D eigenvalue weighted by molar-refractivity contribution is 6.30. The number of nitrogens with zero attached hydrogens (tertiary/aromatic N) is 2. The molecule has 168 valence electrons. The lowest BCUT2D eigenvalue weighted by Crippen LogP contribution is -2.30. The standard InChI is InChI=1S/C25H21ClN2O5/c26-16-5-7-17(8-6-16)27-14-15(13-22(27)29)25(32)33-19-11-9-18(10-12-19)28-23(30)20-3-1-2-4-21(20)24(28)31/h1-2,5-12,15,20-21H,3-4,13-14H2/t15-,20+,21+/m0/s1. The molecule has 3 atom stereocenters. The van der Waals surface area contributed by atoms with Gasteiger partial charge in [0.1, 0.15) is 5.75 Å². The van der Waals surface area contributed by atoms with E-state index < -0.39 is 11.9 Å². The summed E-state index contributed by atoms with van der Waals surface area (Å²) in [4.78, 5) is 53.3. The first-order valence-corrected chi connectivity index (χ1v) is 11.2. The average Bonchev–Trinajstić information content (AvgIpc) is 3.33. The first-order chi connectivity index (χ1) is 15.9. The van der Waals surface area contributed by atoms with Gasteiger partial charge in [-0.3, -0.25) is 24.1 Å². The monoisotopic (exact) mass is 464 g/mol. The summed E-state index contributed by atoms with van der Waals surface area (Å²) in [6, 6.07) is 13.2. The second kappa shape index (κ2) is 8.48. The van der Waals surface area contributed by atoms with E-state index in [-0.39, 0.29) is 42.5 Å². The van der Waals surface area contributed by atoms with Crippen molar-refractivity contribution in [3.63, 3.8) is 0 Å². The lowest BCUT2D eigenvalue weighted by molar-refractivity contribution is -0.139. The lowest BCUT2D eigenvalue weighted by Gasteiger charge is -2.17. The van der Waals surface area contributed by atoms with E-state index in [9.17, 15) is 19.2 Å². The first-order valence-electron chi connectivity index (χ1n) is 10.8. The number of esters is 1. The maximum absolute atomic E-state index is 12.7. The van der Waals surface area contributed by atoms with Crippen LogP contribution in [0.25, 0.3) is 0 Å². The molecule has 8 heteroatoms. The van der Waals surface area contributed by atoms with Gasteiger partial charge in [-0.15, -0.1) is 0 Å². The number of carbonyl (C=O) groups is 4. The van der Waals surface area contributed by atoms with Gasteiger partial charge in [-0.25, -0.2) is 0 Å². The van der Waals surface area contributed by atoms with Crippen LogP contribution in [0.2, 0.25) is 5.02 Å². The van der Waals surface area contributed by atoms with Crippen molar-refractivity contribution in [1.82, 2.24) is 0 Å². The predicted molar refractivity (Wildman–Crippen MR) is 122 cm³/mol. The molecule has 2 heterocycles. The summed E-state index contributed by atoms with van der Waals surface area (Å²) < 4.78 is 5.48. The van der Waals surface area contributed by atoms with Gasteiger partial charge in [0.15, 0.2) is 0 Å². The molecule has 2 fully saturated rings. The number of ether oxygens (including phenoxy) is 1. The molecule has 2 aliphatic heterocycles. The van der Waals surface area contributed by atoms with Crippen molar-refractivity contribution in [3.8, 4) is 5.75 Å². The Labute approximate surface area is 195 Å². The Kier molecular flexibility index (Phi) is 5.50. The SMILES string of the molecule is O=C(Oc1ccc(N2C(=O)[C@@H]3CC=CC[C@H]3C2=O)cc1)[C@H]1CC(=O)N(c2ccc(Cl)cc2)C1. The van der Waals surface area contributed by atoms with Crippen molar-refractivity contribution in [1.29, 1.82) is 0 Å². The van der Waals surface area contributed by atoms with Crippen molar-refractivity contribution in [2.75, 3.05) is 16.3 Å². The third-order valence-electron chi connectivity index (χ3n) is 6.42. The van der Waals surface area contributed by atoms with Crippen LogP contribution < -0.4 is 14.5 Å². The fourth-order valence-electron chi connectivity index (χ4n) is 4.65. The number of allylic oxidation sites excluding steroid dienone is 2. The minimum Gasteiger partial charge on any atom is -0.426 e. The van der Waals surface area contributed by atoms with Crippen molar-refractivity contribution in [2.45, 2.75) is 19.3 Å². The largest absolute Gasteiger partial charge is 0.426 e. The van der Waals surface area contributed by atoms with E-state index in [0.717, 1.165) is 0 Å². The van der Waals surface area contributed by atoms with Crippen LogP contribution in [0.1, 0.15) is 19.3 Å². The summed E-state index contributed by atoms with van der Waals surface area (Å²) in [5.41, 5.74) is 1.14. The number of anilines is 2. The first kappa shape index (κ1) is 21.4. The molecule has 33 heavy (non-hydrogen) atoms. The molecule has 0 spiro atoms. The lowest BCUT2D eigenvalue weighted by atomic mass is 9.85. The molecule has 5 rings (SSSR count). The number of carbonyl (C=O) groups excluding carboxylic acids is 4. The van der Waals surface area contributed by atoms with E-state index >= 15 is 0 Å². The van der Waals surface area contributed by atoms with Crippen LogP contribution in [-0.2, 0) is 19.2 Å². The topological polar surface area (TPSA) is 84.0 Å². The zero-order valence-corrected chi connectivity index (χ0v) is 18.4. The minimum absolute atomic E-state index is 0.0626. The summed E-state index contributed by atoms with van der Waals surface area (Å²) in [5, 5.41) is 0.567. The van der Waals surface area contributed by atoms with Crippen LogP contribution in [0.4, 0.5) is 11.4 Å². The molecule has 0 bridgehead atoms. The predicted octanol–water partition coefficient (Wildman–Crippen LogP) is 3.75. The minimum atomic E-state index is -0.592. The van der Waals surface area contributed by atoms with Gasteiger partial charge in [-0.05, 0) is 61.4 Å². The van der Waals surface area contributed by atoms with E-state index in [1.54, 1.807) is 53.4 Å². The van der Waals surface area contributed by atoms with Gasteiger partial charge in [0.05, 0.1) is 23.4 Å². The van der Waals surface area contributed by atoms with Crippen LogP contribution in [0.3, 0.4) is 0 Å². The fourth-order valence-corrected chi connectivity index (χ4v) is 4.78. The summed E-state index contributed by atoms with van der Waals surface area (Å²) in [6.45, 7) is 0.227. The maximum Gasteiger partial charge on any atom is 0.316 e. The van der Waals surface area contributed by atoms with Crippen molar-refractivity contribution in [2.24, 2.45) is 17.8 Å². The Morgan fingerprint density at radius 2 is 1.42 bits per heavy atom. The number of rotatable bonds is 4. The fraction of sp³-hybridized carbons (Fsp3) is 0.280. The molecule has 0 radical (unpaired) electrons. The smallest absolute Gasteiger partial charge is 0.316 e. The Balaban J connectivity index is 1.24. The van der Waals surface area contributed by atoms with Gasteiger partial charge >= 0.3 is 5.97 Å². The van der Waals surface area contributed by atoms with E-state index in [1.165, 1.54) is 4.90 Å². The average molecular weight is 465 g/mol. The number of amides is 3. The molecule has 0 N–H and O–H groups in total. The highest BCUT2D eigenvalue weighted by Gasteiger charge is 2.47. The zero-order chi connectivity index (χ0) is 23.1. The molecular formula is C25H21ClN2O5. The van der Waals surface area contributed by atoms with E-state index in [4.69, 9.17) is 16.3 Å². The number of fused-ring (bicyclic) bond motifs is 1. The van der Waals surface area contributed by atoms with Crippen molar-refractivity contribution >= 4 is 46.7 Å². The second-order valence-corrected chi connectivity index (χ2v) is 8.90. The van der Waals surface area contributed by atoms with Crippen LogP contribution >= 0.6 is 11.6 Å². The number of hydrogen-bond donors (Lipinski definition) is 0. The van der Waals surface area contributed by atoms with Crippen molar-refractivity contribution in [3.05, 3.63) is 65.7 Å². The number of hydrogen-bond acceptors (Lipinski definition) is 5. The second-order valence-electron chi connectivity index (χ2n) is 8.46. The molecule has 2 saturated heterocycles. The summed E-state index contributed by atoms with van der Waals surface area (Å²) in [7, 11) is 0. The summed E-state index contributed by atoms with van der Waals surface area (Å²) in [6.07, 6.45) is 5.11. The Morgan fingerprint density at radius 3 is 2.03 bits per heavy atom. The Hall–Kier alpha value is -3.45. The van der Waals surface area contributed by atoms with Gasteiger partial charge in [0.25, 0.3) is 0 Å². The Morgan fingerprint density at radius 1 is 0.848 bits per heavy atom. The summed E-state index contributed by atoms with van der Waals surface area (Å²) in [5.74, 6) is -1.94. The van der Waals surface area contributed by atoms with Gasteiger partial charge in [-0.2, -0.15) is 0 Å². The number of halogens is 1. The Bertz CT molecular complexity index is 1130. The molecule has 0 aromatic heterocycles. The number of benzene rings is 2. The van der Waals surface area contributed by atoms with Crippen LogP contribution in [0, 0.1) is 17.8 Å². The molecule has 2 aromatic carbocycles. The number of imide groups is 1. The molecule has 3 aliphatic rings. The molecule has 0 unspecified atom stereocenters. The van der Waals surface area contributed by atoms with E-state index in [2.05, 4.69) is 0 Å². The maximum atomic E-state index is 12.7. The normalized spacial score (nSPS) is 24.4. The molecule has 2 aromatic rings. The third-order valence-corrected chi connectivity index (χ3v) is 6.67. The van der Waals surface area contributed by atoms with Crippen molar-refractivity contribution < 1.29 is 23.9 Å². The molecular weight excluding hydrogens is 444 g/mol. The molecule has 3 amide bonds. The van der Waals surface area contributed by atoms with Gasteiger partial charge in [0, 0.05) is 23.7 Å². The van der Waals surface area contributed by atoms with Crippen LogP contribution in [0.5, 0.6) is 5.75 Å². The molecule has 7 nitrogen and oxygen atoms in total. The van der Waals surface area contributed by atoms with E-state index in [1.807, 2.05) is 12.2 Å². The summed E-state index contributed by atoms with van der Waals surface area (Å²) >= 11 is 5.90. The molecule has 0 saturated carbocycles.